The van der Waals surface area contributed by atoms with Gasteiger partial charge in [0.05, 0.1) is 5.92 Å². The number of alkyl halides is 3. The molecule has 2 rings (SSSR count). The van der Waals surface area contributed by atoms with Gasteiger partial charge in [-0.05, 0) is 30.5 Å². The maximum atomic E-state index is 13.1. The van der Waals surface area contributed by atoms with Gasteiger partial charge >= 0.3 is 6.18 Å². The second-order valence-electron chi connectivity index (χ2n) is 5.79. The van der Waals surface area contributed by atoms with Crippen LogP contribution in [0.4, 0.5) is 17.6 Å². The smallest absolute Gasteiger partial charge is 0.347 e. The third kappa shape index (κ3) is 5.50. The molecule has 1 fully saturated rings. The molecule has 1 atom stereocenters. The number of carbonyl (C=O) groups excluding carboxylic acids is 2. The molecule has 132 valence electrons. The molecule has 1 heterocycles. The van der Waals surface area contributed by atoms with Gasteiger partial charge in [-0.3, -0.25) is 9.59 Å². The van der Waals surface area contributed by atoms with E-state index >= 15 is 0 Å². The number of amides is 2. The van der Waals surface area contributed by atoms with Gasteiger partial charge < -0.3 is 10.2 Å². The molecule has 1 saturated heterocycles. The molecule has 1 aliphatic heterocycles. The predicted molar refractivity (Wildman–Crippen MR) is 78.5 cm³/mol. The van der Waals surface area contributed by atoms with Crippen molar-refractivity contribution in [3.63, 3.8) is 0 Å². The number of carbonyl (C=O) groups is 2. The number of halogens is 4. The lowest BCUT2D eigenvalue weighted by Gasteiger charge is -2.32. The Kier molecular flexibility index (Phi) is 5.80. The summed E-state index contributed by atoms with van der Waals surface area (Å²) in [5, 5.41) is 1.86. The van der Waals surface area contributed by atoms with Crippen LogP contribution in [0, 0.1) is 11.7 Å². The lowest BCUT2D eigenvalue weighted by Crippen LogP contribution is -2.47. The highest BCUT2D eigenvalue weighted by Gasteiger charge is 2.33. The van der Waals surface area contributed by atoms with Crippen LogP contribution < -0.4 is 5.32 Å². The van der Waals surface area contributed by atoms with Crippen molar-refractivity contribution >= 4 is 11.8 Å². The van der Waals surface area contributed by atoms with Crippen LogP contribution in [0.2, 0.25) is 0 Å². The molecule has 0 unspecified atom stereocenters. The molecule has 0 spiro atoms. The summed E-state index contributed by atoms with van der Waals surface area (Å²) in [7, 11) is 0. The highest BCUT2D eigenvalue weighted by Crippen LogP contribution is 2.19. The van der Waals surface area contributed by atoms with Gasteiger partial charge in [-0.1, -0.05) is 12.1 Å². The highest BCUT2D eigenvalue weighted by atomic mass is 19.4. The van der Waals surface area contributed by atoms with Crippen LogP contribution in [0.25, 0.3) is 0 Å². The topological polar surface area (TPSA) is 49.4 Å². The van der Waals surface area contributed by atoms with E-state index in [1.807, 2.05) is 5.32 Å². The molecule has 1 aromatic carbocycles. The number of nitrogens with zero attached hydrogens (tertiary/aromatic N) is 1. The predicted octanol–water partition coefficient (Wildman–Crippen LogP) is 2.29. The molecule has 0 aliphatic carbocycles. The van der Waals surface area contributed by atoms with E-state index in [0.29, 0.717) is 18.5 Å². The first-order chi connectivity index (χ1) is 11.2. The van der Waals surface area contributed by atoms with Crippen LogP contribution in [0.1, 0.15) is 18.4 Å². The average Bonchev–Trinajstić information content (AvgIpc) is 2.51. The molecule has 1 N–H and O–H groups in total. The van der Waals surface area contributed by atoms with Crippen LogP contribution in [-0.4, -0.2) is 42.5 Å². The summed E-state index contributed by atoms with van der Waals surface area (Å²) in [5.41, 5.74) is 0.714. The van der Waals surface area contributed by atoms with Crippen molar-refractivity contribution in [3.8, 4) is 0 Å². The molecular weight excluding hydrogens is 328 g/mol. The maximum absolute atomic E-state index is 13.1. The molecule has 0 aromatic heterocycles. The number of piperidine rings is 1. The minimum atomic E-state index is -4.46. The van der Waals surface area contributed by atoms with Gasteiger partial charge in [0.2, 0.25) is 11.8 Å². The minimum Gasteiger partial charge on any atom is -0.347 e. The van der Waals surface area contributed by atoms with E-state index in [2.05, 4.69) is 0 Å². The summed E-state index contributed by atoms with van der Waals surface area (Å²) in [4.78, 5) is 25.2. The van der Waals surface area contributed by atoms with Crippen LogP contribution >= 0.6 is 0 Å². The van der Waals surface area contributed by atoms with Crippen molar-refractivity contribution < 1.29 is 27.2 Å². The fraction of sp³-hybridized carbons (Fsp3) is 0.500. The molecule has 0 saturated carbocycles. The van der Waals surface area contributed by atoms with Crippen LogP contribution in [0.5, 0.6) is 0 Å². The van der Waals surface area contributed by atoms with Crippen LogP contribution in [-0.2, 0) is 16.0 Å². The zero-order valence-electron chi connectivity index (χ0n) is 12.9. The number of likely N-dealkylation sites (tertiary alicyclic amines) is 1. The minimum absolute atomic E-state index is 0.0812. The standard InChI is InChI=1S/C16H18F4N2O2/c17-13-3-1-2-11(8-13)6-7-22-9-12(4-5-14(22)23)15(24)21-10-16(18,19)20/h1-3,8,12H,4-7,9-10H2,(H,21,24)/t12-/m1/s1. The van der Waals surface area contributed by atoms with Gasteiger partial charge in [0.1, 0.15) is 12.4 Å². The van der Waals surface area contributed by atoms with E-state index in [1.54, 1.807) is 12.1 Å². The number of hydrogen-bond donors (Lipinski definition) is 1. The number of rotatable bonds is 5. The van der Waals surface area contributed by atoms with Gasteiger partial charge in [0.25, 0.3) is 0 Å². The molecular formula is C16H18F4N2O2. The van der Waals surface area contributed by atoms with Gasteiger partial charge in [-0.15, -0.1) is 0 Å². The molecule has 24 heavy (non-hydrogen) atoms. The Hall–Kier alpha value is -2.12. The van der Waals surface area contributed by atoms with Crippen molar-refractivity contribution in [2.45, 2.75) is 25.4 Å². The van der Waals surface area contributed by atoms with Gasteiger partial charge in [0, 0.05) is 19.5 Å². The molecule has 0 radical (unpaired) electrons. The number of benzene rings is 1. The third-order valence-electron chi connectivity index (χ3n) is 3.89. The Labute approximate surface area is 136 Å². The molecule has 8 heteroatoms. The van der Waals surface area contributed by atoms with Crippen molar-refractivity contribution in [1.29, 1.82) is 0 Å². The first-order valence-corrected chi connectivity index (χ1v) is 7.61. The second kappa shape index (κ2) is 7.63. The molecule has 1 aliphatic rings. The van der Waals surface area contributed by atoms with Crippen molar-refractivity contribution in [2.75, 3.05) is 19.6 Å². The second-order valence-corrected chi connectivity index (χ2v) is 5.79. The molecule has 0 bridgehead atoms. The van der Waals surface area contributed by atoms with Crippen molar-refractivity contribution in [2.24, 2.45) is 5.92 Å². The van der Waals surface area contributed by atoms with E-state index in [4.69, 9.17) is 0 Å². The summed E-state index contributed by atoms with van der Waals surface area (Å²) < 4.78 is 49.6. The first kappa shape index (κ1) is 18.2. The lowest BCUT2D eigenvalue weighted by molar-refractivity contribution is -0.145. The van der Waals surface area contributed by atoms with Crippen molar-refractivity contribution in [1.82, 2.24) is 10.2 Å². The first-order valence-electron chi connectivity index (χ1n) is 7.61. The van der Waals surface area contributed by atoms with Gasteiger partial charge in [-0.2, -0.15) is 13.2 Å². The number of hydrogen-bond acceptors (Lipinski definition) is 2. The molecule has 4 nitrogen and oxygen atoms in total. The zero-order chi connectivity index (χ0) is 17.7. The SMILES string of the molecule is O=C(NCC(F)(F)F)[C@@H]1CCC(=O)N(CCc2cccc(F)c2)C1. The van der Waals surface area contributed by atoms with Crippen LogP contribution in [0.3, 0.4) is 0 Å². The van der Waals surface area contributed by atoms with E-state index in [9.17, 15) is 27.2 Å². The Balaban J connectivity index is 1.88. The Morgan fingerprint density at radius 1 is 1.33 bits per heavy atom. The summed E-state index contributed by atoms with van der Waals surface area (Å²) in [6.07, 6.45) is -3.69. The fourth-order valence-corrected chi connectivity index (χ4v) is 2.63. The van der Waals surface area contributed by atoms with Gasteiger partial charge in [-0.25, -0.2) is 4.39 Å². The fourth-order valence-electron chi connectivity index (χ4n) is 2.63. The van der Waals surface area contributed by atoms with E-state index in [1.165, 1.54) is 17.0 Å². The maximum Gasteiger partial charge on any atom is 0.405 e. The molecule has 1 aromatic rings. The zero-order valence-corrected chi connectivity index (χ0v) is 12.9. The monoisotopic (exact) mass is 346 g/mol. The summed E-state index contributed by atoms with van der Waals surface area (Å²) in [5.74, 6) is -1.87. The van der Waals surface area contributed by atoms with Crippen molar-refractivity contribution in [3.05, 3.63) is 35.6 Å². The quantitative estimate of drug-likeness (QED) is 0.832. The van der Waals surface area contributed by atoms with E-state index in [-0.39, 0.29) is 31.1 Å². The average molecular weight is 346 g/mol. The van der Waals surface area contributed by atoms with Gasteiger partial charge in [0.15, 0.2) is 0 Å². The summed E-state index contributed by atoms with van der Waals surface area (Å²) in [6, 6.07) is 5.97. The Bertz CT molecular complexity index is 604. The van der Waals surface area contributed by atoms with Crippen LogP contribution in [0.15, 0.2) is 24.3 Å². The van der Waals surface area contributed by atoms with E-state index < -0.39 is 24.5 Å². The third-order valence-corrected chi connectivity index (χ3v) is 3.89. The number of nitrogens with one attached hydrogen (secondary N) is 1. The summed E-state index contributed by atoms with van der Waals surface area (Å²) in [6.45, 7) is -0.997. The highest BCUT2D eigenvalue weighted by molar-refractivity contribution is 5.83. The normalized spacial score (nSPS) is 18.6. The largest absolute Gasteiger partial charge is 0.405 e. The lowest BCUT2D eigenvalue weighted by atomic mass is 9.96. The summed E-state index contributed by atoms with van der Waals surface area (Å²) >= 11 is 0. The Morgan fingerprint density at radius 3 is 2.75 bits per heavy atom. The molecule has 2 amide bonds. The Morgan fingerprint density at radius 2 is 2.08 bits per heavy atom. The van der Waals surface area contributed by atoms with E-state index in [0.717, 1.165) is 0 Å².